The highest BCUT2D eigenvalue weighted by Gasteiger charge is 2.07. The minimum atomic E-state index is 0.0959. The van der Waals surface area contributed by atoms with Crippen LogP contribution in [0.25, 0.3) is 10.6 Å². The van der Waals surface area contributed by atoms with Gasteiger partial charge in [-0.15, -0.1) is 11.3 Å². The summed E-state index contributed by atoms with van der Waals surface area (Å²) in [6.07, 6.45) is 0. The molecule has 0 atom stereocenters. The molecular formula is C14H15NOS. The van der Waals surface area contributed by atoms with Gasteiger partial charge in [0.25, 0.3) is 0 Å². The van der Waals surface area contributed by atoms with Gasteiger partial charge < -0.3 is 0 Å². The summed E-state index contributed by atoms with van der Waals surface area (Å²) in [5.41, 5.74) is 2.95. The summed E-state index contributed by atoms with van der Waals surface area (Å²) in [5.74, 6) is 0.551. The molecule has 0 fully saturated rings. The molecule has 17 heavy (non-hydrogen) atoms. The highest BCUT2D eigenvalue weighted by molar-refractivity contribution is 7.13. The third-order valence-electron chi connectivity index (χ3n) is 2.65. The maximum absolute atomic E-state index is 11.2. The van der Waals surface area contributed by atoms with Crippen LogP contribution >= 0.6 is 11.3 Å². The molecule has 0 aliphatic carbocycles. The molecule has 1 heterocycles. The molecule has 0 aliphatic heterocycles. The minimum absolute atomic E-state index is 0.0959. The van der Waals surface area contributed by atoms with Gasteiger partial charge in [0.05, 0.1) is 5.69 Å². The predicted molar refractivity (Wildman–Crippen MR) is 71.6 cm³/mol. The van der Waals surface area contributed by atoms with Gasteiger partial charge in [0.15, 0.2) is 5.78 Å². The number of hydrogen-bond acceptors (Lipinski definition) is 3. The average Bonchev–Trinajstić information content (AvgIpc) is 2.78. The fourth-order valence-electron chi connectivity index (χ4n) is 1.53. The van der Waals surface area contributed by atoms with Crippen LogP contribution in [-0.2, 0) is 0 Å². The average molecular weight is 245 g/mol. The first kappa shape index (κ1) is 12.0. The van der Waals surface area contributed by atoms with Crippen LogP contribution in [0.1, 0.15) is 42.7 Å². The molecule has 0 N–H and O–H groups in total. The number of thiazole rings is 1. The highest BCUT2D eigenvalue weighted by Crippen LogP contribution is 2.26. The van der Waals surface area contributed by atoms with Gasteiger partial charge in [-0.2, -0.15) is 0 Å². The fraction of sp³-hybridized carbons (Fsp3) is 0.286. The van der Waals surface area contributed by atoms with Crippen LogP contribution in [0.15, 0.2) is 29.6 Å². The summed E-state index contributed by atoms with van der Waals surface area (Å²) < 4.78 is 0. The lowest BCUT2D eigenvalue weighted by Crippen LogP contribution is -1.91. The molecule has 1 aromatic heterocycles. The number of nitrogens with zero attached hydrogens (tertiary/aromatic N) is 1. The highest BCUT2D eigenvalue weighted by atomic mass is 32.1. The molecule has 0 spiro atoms. The lowest BCUT2D eigenvalue weighted by molar-refractivity contribution is 0.101. The van der Waals surface area contributed by atoms with Crippen LogP contribution < -0.4 is 0 Å². The van der Waals surface area contributed by atoms with E-state index in [1.807, 2.05) is 24.3 Å². The van der Waals surface area contributed by atoms with E-state index in [-0.39, 0.29) is 5.78 Å². The normalized spacial score (nSPS) is 10.8. The lowest BCUT2D eigenvalue weighted by atomic mass is 10.1. The van der Waals surface area contributed by atoms with Gasteiger partial charge in [-0.3, -0.25) is 4.79 Å². The molecule has 1 aromatic carbocycles. The first-order valence-electron chi connectivity index (χ1n) is 5.64. The Morgan fingerprint density at radius 1 is 1.24 bits per heavy atom. The van der Waals surface area contributed by atoms with Gasteiger partial charge in [0.2, 0.25) is 0 Å². The first-order valence-corrected chi connectivity index (χ1v) is 6.52. The molecule has 0 amide bonds. The summed E-state index contributed by atoms with van der Waals surface area (Å²) >= 11 is 1.65. The predicted octanol–water partition coefficient (Wildman–Crippen LogP) is 4.14. The van der Waals surface area contributed by atoms with E-state index in [1.54, 1.807) is 18.3 Å². The van der Waals surface area contributed by atoms with Crippen molar-refractivity contribution in [2.75, 3.05) is 0 Å². The Bertz CT molecular complexity index is 525. The van der Waals surface area contributed by atoms with Crippen LogP contribution in [-0.4, -0.2) is 10.8 Å². The van der Waals surface area contributed by atoms with Crippen molar-refractivity contribution < 1.29 is 4.79 Å². The Morgan fingerprint density at radius 2 is 1.88 bits per heavy atom. The van der Waals surface area contributed by atoms with Gasteiger partial charge in [-0.1, -0.05) is 38.1 Å². The number of aromatic nitrogens is 1. The van der Waals surface area contributed by atoms with E-state index in [0.717, 1.165) is 21.8 Å². The number of rotatable bonds is 3. The summed E-state index contributed by atoms with van der Waals surface area (Å²) in [6.45, 7) is 5.85. The third-order valence-corrected chi connectivity index (χ3v) is 3.56. The van der Waals surface area contributed by atoms with Crippen molar-refractivity contribution in [1.29, 1.82) is 0 Å². The lowest BCUT2D eigenvalue weighted by Gasteiger charge is -1.99. The zero-order valence-corrected chi connectivity index (χ0v) is 11.0. The van der Waals surface area contributed by atoms with Gasteiger partial charge in [-0.05, 0) is 12.8 Å². The summed E-state index contributed by atoms with van der Waals surface area (Å²) in [6, 6.07) is 7.63. The molecule has 0 aliphatic rings. The van der Waals surface area contributed by atoms with Crippen LogP contribution in [0.2, 0.25) is 0 Å². The van der Waals surface area contributed by atoms with Crippen LogP contribution in [0.4, 0.5) is 0 Å². The molecule has 3 heteroatoms. The summed E-state index contributed by atoms with van der Waals surface area (Å²) in [4.78, 5) is 15.8. The Morgan fingerprint density at radius 3 is 2.35 bits per heavy atom. The van der Waals surface area contributed by atoms with E-state index >= 15 is 0 Å². The molecule has 2 aromatic rings. The van der Waals surface area contributed by atoms with Crippen LogP contribution in [0.3, 0.4) is 0 Å². The number of carbonyl (C=O) groups is 1. The zero-order valence-electron chi connectivity index (χ0n) is 10.2. The fourth-order valence-corrected chi connectivity index (χ4v) is 2.52. The molecular weight excluding hydrogens is 230 g/mol. The minimum Gasteiger partial charge on any atom is -0.295 e. The SMILES string of the molecule is CC(=O)c1ccc(-c2nc(C(C)C)cs2)cc1. The second-order valence-electron chi connectivity index (χ2n) is 4.37. The second kappa shape index (κ2) is 4.80. The summed E-state index contributed by atoms with van der Waals surface area (Å²) in [7, 11) is 0. The number of hydrogen-bond donors (Lipinski definition) is 0. The van der Waals surface area contributed by atoms with Crippen molar-refractivity contribution in [1.82, 2.24) is 4.98 Å². The van der Waals surface area contributed by atoms with Crippen LogP contribution in [0.5, 0.6) is 0 Å². The Labute approximate surface area is 105 Å². The van der Waals surface area contributed by atoms with E-state index < -0.39 is 0 Å². The Kier molecular flexibility index (Phi) is 3.38. The second-order valence-corrected chi connectivity index (χ2v) is 5.22. The van der Waals surface area contributed by atoms with E-state index in [2.05, 4.69) is 24.2 Å². The maximum Gasteiger partial charge on any atom is 0.159 e. The molecule has 88 valence electrons. The molecule has 0 saturated carbocycles. The zero-order chi connectivity index (χ0) is 12.4. The molecule has 0 unspecified atom stereocenters. The van der Waals surface area contributed by atoms with E-state index in [9.17, 15) is 4.79 Å². The smallest absolute Gasteiger partial charge is 0.159 e. The topological polar surface area (TPSA) is 30.0 Å². The van der Waals surface area contributed by atoms with Crippen molar-refractivity contribution >= 4 is 17.1 Å². The van der Waals surface area contributed by atoms with E-state index in [4.69, 9.17) is 0 Å². The molecule has 0 saturated heterocycles. The van der Waals surface area contributed by atoms with Crippen molar-refractivity contribution in [2.24, 2.45) is 0 Å². The van der Waals surface area contributed by atoms with Crippen LogP contribution in [0, 0.1) is 0 Å². The number of Topliss-reactive ketones (excluding diaryl/α,β-unsaturated/α-hetero) is 1. The number of ketones is 1. The van der Waals surface area contributed by atoms with Gasteiger partial charge in [-0.25, -0.2) is 4.98 Å². The van der Waals surface area contributed by atoms with Gasteiger partial charge >= 0.3 is 0 Å². The Balaban J connectivity index is 2.30. The quantitative estimate of drug-likeness (QED) is 0.761. The van der Waals surface area contributed by atoms with Crippen molar-refractivity contribution in [2.45, 2.75) is 26.7 Å². The Hall–Kier alpha value is -1.48. The third kappa shape index (κ3) is 2.61. The number of carbonyl (C=O) groups excluding carboxylic acids is 1. The van der Waals surface area contributed by atoms with Crippen molar-refractivity contribution in [3.63, 3.8) is 0 Å². The molecule has 2 nitrogen and oxygen atoms in total. The van der Waals surface area contributed by atoms with Gasteiger partial charge in [0, 0.05) is 16.5 Å². The monoisotopic (exact) mass is 245 g/mol. The van der Waals surface area contributed by atoms with Gasteiger partial charge in [0.1, 0.15) is 5.01 Å². The molecule has 0 bridgehead atoms. The standard InChI is InChI=1S/C14H15NOS/c1-9(2)13-8-17-14(15-13)12-6-4-11(5-7-12)10(3)16/h4-9H,1-3H3. The number of benzene rings is 1. The summed E-state index contributed by atoms with van der Waals surface area (Å²) in [5, 5.41) is 3.11. The van der Waals surface area contributed by atoms with E-state index in [1.165, 1.54) is 0 Å². The van der Waals surface area contributed by atoms with Crippen molar-refractivity contribution in [3.05, 3.63) is 40.9 Å². The van der Waals surface area contributed by atoms with Crippen molar-refractivity contribution in [3.8, 4) is 10.6 Å². The molecule has 0 radical (unpaired) electrons. The largest absolute Gasteiger partial charge is 0.295 e. The van der Waals surface area contributed by atoms with E-state index in [0.29, 0.717) is 5.92 Å². The maximum atomic E-state index is 11.2. The first-order chi connectivity index (χ1) is 8.08. The molecule has 2 rings (SSSR count).